The van der Waals surface area contributed by atoms with Crippen LogP contribution in [0.15, 0.2) is 34.7 Å². The molecule has 0 saturated carbocycles. The van der Waals surface area contributed by atoms with E-state index in [1.165, 1.54) is 0 Å². The molecule has 0 saturated heterocycles. The Morgan fingerprint density at radius 3 is 2.84 bits per heavy atom. The highest BCUT2D eigenvalue weighted by Crippen LogP contribution is 2.24. The molecule has 0 amide bonds. The number of hydrogen-bond donors (Lipinski definition) is 2. The Bertz CT molecular complexity index is 473. The van der Waals surface area contributed by atoms with Crippen LogP contribution < -0.4 is 5.32 Å². The van der Waals surface area contributed by atoms with Crippen molar-refractivity contribution in [1.82, 2.24) is 5.32 Å². The van der Waals surface area contributed by atoms with Gasteiger partial charge < -0.3 is 14.8 Å². The Labute approximate surface area is 118 Å². The molecule has 4 heteroatoms. The van der Waals surface area contributed by atoms with Gasteiger partial charge >= 0.3 is 0 Å². The van der Waals surface area contributed by atoms with Crippen molar-refractivity contribution in [3.63, 3.8) is 0 Å². The molecule has 1 aromatic carbocycles. The predicted molar refractivity (Wildman–Crippen MR) is 81.6 cm³/mol. The van der Waals surface area contributed by atoms with Gasteiger partial charge in [0.2, 0.25) is 0 Å². The largest absolute Gasteiger partial charge is 0.459 e. The van der Waals surface area contributed by atoms with E-state index in [9.17, 15) is 0 Å². The van der Waals surface area contributed by atoms with Crippen molar-refractivity contribution in [1.29, 1.82) is 0 Å². The van der Waals surface area contributed by atoms with E-state index in [4.69, 9.17) is 9.52 Å². The summed E-state index contributed by atoms with van der Waals surface area (Å²) in [5.74, 6) is 1.94. The van der Waals surface area contributed by atoms with Gasteiger partial charge in [0.15, 0.2) is 0 Å². The Hall–Kier alpha value is -0.970. The molecule has 0 spiro atoms. The van der Waals surface area contributed by atoms with Crippen LogP contribution >= 0.6 is 11.8 Å². The zero-order valence-corrected chi connectivity index (χ0v) is 12.2. The third-order valence-electron chi connectivity index (χ3n) is 3.20. The number of nitrogens with one attached hydrogen (secondary N) is 1. The lowest BCUT2D eigenvalue weighted by molar-refractivity contribution is 0.263. The fourth-order valence-corrected chi connectivity index (χ4v) is 2.89. The molecule has 1 aromatic heterocycles. The van der Waals surface area contributed by atoms with Crippen molar-refractivity contribution in [2.24, 2.45) is 0 Å². The maximum atomic E-state index is 9.09. The molecule has 0 radical (unpaired) electrons. The number of aliphatic hydroxyl groups excluding tert-OH is 1. The maximum Gasteiger partial charge on any atom is 0.134 e. The van der Waals surface area contributed by atoms with Gasteiger partial charge in [-0.2, -0.15) is 11.8 Å². The third-order valence-corrected chi connectivity index (χ3v) is 3.94. The van der Waals surface area contributed by atoms with E-state index >= 15 is 0 Å². The fraction of sp³-hybridized carbons (Fsp3) is 0.467. The molecular formula is C15H21NO2S. The van der Waals surface area contributed by atoms with Crippen LogP contribution in [-0.2, 0) is 0 Å². The molecule has 3 nitrogen and oxygen atoms in total. The summed E-state index contributed by atoms with van der Waals surface area (Å²) in [4.78, 5) is 0. The molecular weight excluding hydrogens is 258 g/mol. The van der Waals surface area contributed by atoms with Crippen LogP contribution in [0.2, 0.25) is 0 Å². The number of benzene rings is 1. The van der Waals surface area contributed by atoms with Gasteiger partial charge in [0.25, 0.3) is 0 Å². The number of para-hydroxylation sites is 1. The zero-order chi connectivity index (χ0) is 13.7. The number of hydrogen-bond acceptors (Lipinski definition) is 4. The van der Waals surface area contributed by atoms with Crippen LogP contribution in [-0.4, -0.2) is 29.8 Å². The normalized spacial score (nSPS) is 14.7. The minimum Gasteiger partial charge on any atom is -0.459 e. The molecule has 0 aliphatic rings. The summed E-state index contributed by atoms with van der Waals surface area (Å²) in [6.07, 6.45) is 2.85. The van der Waals surface area contributed by atoms with Gasteiger partial charge in [-0.25, -0.2) is 0 Å². The Balaban J connectivity index is 2.07. The van der Waals surface area contributed by atoms with E-state index < -0.39 is 0 Å². The SMILES string of the molecule is CSC[C@@H](CCO)N[C@@H](C)c1cc2ccccc2o1. The molecule has 2 aromatic rings. The highest BCUT2D eigenvalue weighted by atomic mass is 32.2. The summed E-state index contributed by atoms with van der Waals surface area (Å²) in [6.45, 7) is 2.31. The molecule has 2 rings (SSSR count). The highest BCUT2D eigenvalue weighted by Gasteiger charge is 2.15. The van der Waals surface area contributed by atoms with Gasteiger partial charge in [-0.15, -0.1) is 0 Å². The van der Waals surface area contributed by atoms with E-state index in [0.717, 1.165) is 28.9 Å². The summed E-state index contributed by atoms with van der Waals surface area (Å²) in [7, 11) is 0. The van der Waals surface area contributed by atoms with Crippen LogP contribution in [0.5, 0.6) is 0 Å². The maximum absolute atomic E-state index is 9.09. The van der Waals surface area contributed by atoms with Crippen LogP contribution in [0.1, 0.15) is 25.1 Å². The lowest BCUT2D eigenvalue weighted by atomic mass is 10.1. The van der Waals surface area contributed by atoms with Gasteiger partial charge in [0.05, 0.1) is 6.04 Å². The number of rotatable bonds is 7. The average Bonchev–Trinajstić information content (AvgIpc) is 2.83. The monoisotopic (exact) mass is 279 g/mol. The van der Waals surface area contributed by atoms with E-state index in [1.54, 1.807) is 11.8 Å². The second kappa shape index (κ2) is 6.98. The number of furan rings is 1. The van der Waals surface area contributed by atoms with Crippen LogP contribution in [0.25, 0.3) is 11.0 Å². The van der Waals surface area contributed by atoms with Gasteiger partial charge in [-0.3, -0.25) is 0 Å². The number of aliphatic hydroxyl groups is 1. The molecule has 2 N–H and O–H groups in total. The molecule has 1 heterocycles. The Morgan fingerprint density at radius 1 is 1.37 bits per heavy atom. The second-order valence-corrected chi connectivity index (χ2v) is 5.65. The van der Waals surface area contributed by atoms with Crippen molar-refractivity contribution in [2.75, 3.05) is 18.6 Å². The summed E-state index contributed by atoms with van der Waals surface area (Å²) in [6, 6.07) is 10.6. The van der Waals surface area contributed by atoms with Crippen LogP contribution in [0.3, 0.4) is 0 Å². The molecule has 0 unspecified atom stereocenters. The van der Waals surface area contributed by atoms with E-state index in [1.807, 2.05) is 18.2 Å². The third kappa shape index (κ3) is 3.75. The Morgan fingerprint density at radius 2 is 2.16 bits per heavy atom. The Kier molecular flexibility index (Phi) is 5.31. The zero-order valence-electron chi connectivity index (χ0n) is 11.4. The standard InChI is InChI=1S/C15H21NO2S/c1-11(16-13(7-8-17)10-19-2)15-9-12-5-3-4-6-14(12)18-15/h3-6,9,11,13,16-17H,7-8,10H2,1-2H3/t11-,13+/m0/s1. The number of fused-ring (bicyclic) bond motifs is 1. The fourth-order valence-electron chi connectivity index (χ4n) is 2.22. The molecule has 104 valence electrons. The first kappa shape index (κ1) is 14.4. The lowest BCUT2D eigenvalue weighted by Crippen LogP contribution is -2.34. The first-order valence-corrected chi connectivity index (χ1v) is 7.98. The predicted octanol–water partition coefficient (Wildman–Crippen LogP) is 3.20. The van der Waals surface area contributed by atoms with Gasteiger partial charge in [-0.05, 0) is 31.7 Å². The van der Waals surface area contributed by atoms with E-state index in [2.05, 4.69) is 30.6 Å². The highest BCUT2D eigenvalue weighted by molar-refractivity contribution is 7.98. The quantitative estimate of drug-likeness (QED) is 0.817. The smallest absolute Gasteiger partial charge is 0.134 e. The number of thioether (sulfide) groups is 1. The molecule has 2 atom stereocenters. The van der Waals surface area contributed by atoms with Gasteiger partial charge in [-0.1, -0.05) is 18.2 Å². The van der Waals surface area contributed by atoms with Crippen molar-refractivity contribution >= 4 is 22.7 Å². The first-order chi connectivity index (χ1) is 9.24. The van der Waals surface area contributed by atoms with E-state index in [-0.39, 0.29) is 12.6 Å². The van der Waals surface area contributed by atoms with Gasteiger partial charge in [0, 0.05) is 23.8 Å². The second-order valence-electron chi connectivity index (χ2n) is 4.74. The van der Waals surface area contributed by atoms with Crippen molar-refractivity contribution in [2.45, 2.75) is 25.4 Å². The van der Waals surface area contributed by atoms with Crippen molar-refractivity contribution in [3.8, 4) is 0 Å². The molecule has 19 heavy (non-hydrogen) atoms. The van der Waals surface area contributed by atoms with Crippen LogP contribution in [0.4, 0.5) is 0 Å². The van der Waals surface area contributed by atoms with Crippen LogP contribution in [0, 0.1) is 0 Å². The van der Waals surface area contributed by atoms with Crippen molar-refractivity contribution < 1.29 is 9.52 Å². The molecule has 0 bridgehead atoms. The first-order valence-electron chi connectivity index (χ1n) is 6.59. The molecule has 0 fully saturated rings. The molecule has 0 aliphatic carbocycles. The minimum atomic E-state index is 0.149. The summed E-state index contributed by atoms with van der Waals surface area (Å²) in [5.41, 5.74) is 0.926. The summed E-state index contributed by atoms with van der Waals surface area (Å²) < 4.78 is 5.86. The summed E-state index contributed by atoms with van der Waals surface area (Å²) in [5, 5.41) is 13.7. The minimum absolute atomic E-state index is 0.149. The van der Waals surface area contributed by atoms with E-state index in [0.29, 0.717) is 6.04 Å². The topological polar surface area (TPSA) is 45.4 Å². The summed E-state index contributed by atoms with van der Waals surface area (Å²) >= 11 is 1.79. The van der Waals surface area contributed by atoms with Crippen molar-refractivity contribution in [3.05, 3.63) is 36.1 Å². The lowest BCUT2D eigenvalue weighted by Gasteiger charge is -2.20. The molecule has 0 aliphatic heterocycles. The average molecular weight is 279 g/mol. The van der Waals surface area contributed by atoms with Gasteiger partial charge in [0.1, 0.15) is 11.3 Å².